The molecule has 0 bridgehead atoms. The number of ether oxygens (including phenoxy) is 1. The number of nitro benzene ring substituents is 2. The fourth-order valence-electron chi connectivity index (χ4n) is 3.20. The Morgan fingerprint density at radius 2 is 1.32 bits per heavy atom. The fraction of sp³-hybridized carbons (Fsp3) is 0.190. The van der Waals surface area contributed by atoms with E-state index in [0.717, 1.165) is 0 Å². The molecule has 2 aromatic carbocycles. The summed E-state index contributed by atoms with van der Waals surface area (Å²) >= 11 is 11.7. The molecule has 0 unspecified atom stereocenters. The van der Waals surface area contributed by atoms with Gasteiger partial charge < -0.3 is 9.64 Å². The van der Waals surface area contributed by atoms with Gasteiger partial charge in [0.05, 0.1) is 35.5 Å². The number of hydrogen-bond acceptors (Lipinski definition) is 13. The van der Waals surface area contributed by atoms with Crippen molar-refractivity contribution >= 4 is 64.9 Å². The molecule has 3 aromatic rings. The Balaban J connectivity index is 1.54. The summed E-state index contributed by atoms with van der Waals surface area (Å²) in [6.07, 6.45) is 2.69. The van der Waals surface area contributed by atoms with Crippen molar-refractivity contribution in [3.05, 3.63) is 77.8 Å². The largest absolute Gasteiger partial charge is 0.378 e. The van der Waals surface area contributed by atoms with Crippen LogP contribution < -0.4 is 15.8 Å². The van der Waals surface area contributed by atoms with E-state index < -0.39 is 9.85 Å². The van der Waals surface area contributed by atoms with E-state index in [1.807, 2.05) is 4.90 Å². The van der Waals surface area contributed by atoms with Crippen LogP contribution in [0.15, 0.2) is 46.6 Å². The highest BCUT2D eigenvalue weighted by Gasteiger charge is 2.17. The third-order valence-electron chi connectivity index (χ3n) is 5.01. The lowest BCUT2D eigenvalue weighted by molar-refractivity contribution is -0.384. The van der Waals surface area contributed by atoms with Crippen LogP contribution in [0.3, 0.4) is 0 Å². The first-order valence-corrected chi connectivity index (χ1v) is 11.6. The normalized spacial score (nSPS) is 13.7. The third kappa shape index (κ3) is 6.84. The number of hydrogen-bond donors (Lipinski definition) is 2. The van der Waals surface area contributed by atoms with Crippen molar-refractivity contribution in [3.63, 3.8) is 0 Å². The molecule has 0 amide bonds. The summed E-state index contributed by atoms with van der Waals surface area (Å²) < 4.78 is 5.37. The summed E-state index contributed by atoms with van der Waals surface area (Å²) in [6, 6.07) is 8.49. The molecule has 0 radical (unpaired) electrons. The lowest BCUT2D eigenvalue weighted by Gasteiger charge is -2.26. The molecule has 0 saturated carbocycles. The van der Waals surface area contributed by atoms with Crippen LogP contribution in [0.1, 0.15) is 11.1 Å². The molecule has 1 aliphatic heterocycles. The van der Waals surface area contributed by atoms with Gasteiger partial charge in [-0.05, 0) is 12.1 Å². The summed E-state index contributed by atoms with van der Waals surface area (Å²) in [5, 5.41) is 30.3. The monoisotopic (exact) mass is 560 g/mol. The Bertz CT molecular complexity index is 1320. The van der Waals surface area contributed by atoms with E-state index in [2.05, 4.69) is 36.0 Å². The SMILES string of the molecule is O=[N+]([O-])c1cc(/C=N/Nc2nc(N/N=C/c3ccc(Cl)c([N+](=O)[O-])c3)nc(N3CCOCC3)n2)ccc1Cl. The molecular formula is C21H18Cl2N10O5. The molecule has 1 saturated heterocycles. The Morgan fingerprint density at radius 1 is 0.842 bits per heavy atom. The number of nitro groups is 2. The van der Waals surface area contributed by atoms with Gasteiger partial charge in [-0.3, -0.25) is 20.2 Å². The molecule has 38 heavy (non-hydrogen) atoms. The first-order chi connectivity index (χ1) is 18.3. The highest BCUT2D eigenvalue weighted by atomic mass is 35.5. The van der Waals surface area contributed by atoms with Gasteiger partial charge in [0.1, 0.15) is 10.0 Å². The van der Waals surface area contributed by atoms with Gasteiger partial charge in [0.15, 0.2) is 0 Å². The second-order valence-electron chi connectivity index (χ2n) is 7.56. The lowest BCUT2D eigenvalue weighted by Crippen LogP contribution is -2.37. The molecule has 17 heteroatoms. The molecular weight excluding hydrogens is 543 g/mol. The summed E-state index contributed by atoms with van der Waals surface area (Å²) in [5.74, 6) is 0.477. The van der Waals surface area contributed by atoms with Crippen LogP contribution >= 0.6 is 23.2 Å². The van der Waals surface area contributed by atoms with Crippen LogP contribution in [0.2, 0.25) is 10.0 Å². The molecule has 2 heterocycles. The van der Waals surface area contributed by atoms with Crippen LogP contribution in [0.4, 0.5) is 29.2 Å². The number of nitrogens with one attached hydrogen (secondary N) is 2. The van der Waals surface area contributed by atoms with E-state index in [0.29, 0.717) is 43.4 Å². The average Bonchev–Trinajstić information content (AvgIpc) is 2.90. The van der Waals surface area contributed by atoms with Crippen LogP contribution in [-0.4, -0.2) is 63.5 Å². The van der Waals surface area contributed by atoms with Crippen LogP contribution in [0.5, 0.6) is 0 Å². The molecule has 4 rings (SSSR count). The maximum absolute atomic E-state index is 11.1. The molecule has 0 spiro atoms. The van der Waals surface area contributed by atoms with Gasteiger partial charge in [-0.2, -0.15) is 25.2 Å². The smallest absolute Gasteiger partial charge is 0.288 e. The van der Waals surface area contributed by atoms with E-state index in [1.54, 1.807) is 12.1 Å². The summed E-state index contributed by atoms with van der Waals surface area (Å²) in [5.41, 5.74) is 5.71. The zero-order chi connectivity index (χ0) is 27.1. The number of anilines is 3. The first-order valence-electron chi connectivity index (χ1n) is 10.8. The number of benzene rings is 2. The average molecular weight is 561 g/mol. The van der Waals surface area contributed by atoms with Gasteiger partial charge in [-0.25, -0.2) is 10.9 Å². The van der Waals surface area contributed by atoms with Gasteiger partial charge >= 0.3 is 0 Å². The highest BCUT2D eigenvalue weighted by molar-refractivity contribution is 6.33. The van der Waals surface area contributed by atoms with Crippen molar-refractivity contribution < 1.29 is 14.6 Å². The summed E-state index contributed by atoms with van der Waals surface area (Å²) in [6.45, 7) is 2.10. The second-order valence-corrected chi connectivity index (χ2v) is 8.37. The van der Waals surface area contributed by atoms with Gasteiger partial charge in [-0.1, -0.05) is 35.3 Å². The maximum Gasteiger partial charge on any atom is 0.288 e. The Labute approximate surface area is 224 Å². The van der Waals surface area contributed by atoms with Crippen molar-refractivity contribution in [2.75, 3.05) is 42.1 Å². The quantitative estimate of drug-likeness (QED) is 0.220. The van der Waals surface area contributed by atoms with Crippen LogP contribution in [0, 0.1) is 20.2 Å². The maximum atomic E-state index is 11.1. The van der Waals surface area contributed by atoms with Crippen LogP contribution in [-0.2, 0) is 4.74 Å². The number of morpholine rings is 1. The number of aromatic nitrogens is 3. The standard InChI is InChI=1S/C21H18Cl2N10O5/c22-15-3-1-13(9-17(15)32(34)35)11-24-29-19-26-20(28-21(27-19)31-5-7-38-8-6-31)30-25-12-14-2-4-16(23)18(10-14)33(36)37/h1-4,9-12H,5-8H2,(H2,26,27,28,29,30)/b24-11+,25-12+. The van der Waals surface area contributed by atoms with Crippen molar-refractivity contribution in [1.29, 1.82) is 0 Å². The summed E-state index contributed by atoms with van der Waals surface area (Å²) in [7, 11) is 0. The topological polar surface area (TPSA) is 186 Å². The van der Waals surface area contributed by atoms with Gasteiger partial charge in [0.25, 0.3) is 11.4 Å². The molecule has 1 fully saturated rings. The molecule has 1 aliphatic rings. The number of halogens is 2. The summed E-state index contributed by atoms with van der Waals surface area (Å²) in [4.78, 5) is 35.9. The highest BCUT2D eigenvalue weighted by Crippen LogP contribution is 2.25. The van der Waals surface area contributed by atoms with Gasteiger partial charge in [-0.15, -0.1) is 0 Å². The molecule has 196 valence electrons. The van der Waals surface area contributed by atoms with E-state index in [-0.39, 0.29) is 33.3 Å². The molecule has 2 N–H and O–H groups in total. The minimum atomic E-state index is -0.589. The van der Waals surface area contributed by atoms with Crippen molar-refractivity contribution in [3.8, 4) is 0 Å². The number of nitrogens with zero attached hydrogens (tertiary/aromatic N) is 8. The zero-order valence-electron chi connectivity index (χ0n) is 19.3. The van der Waals surface area contributed by atoms with E-state index in [9.17, 15) is 20.2 Å². The first kappa shape index (κ1) is 26.6. The fourth-order valence-corrected chi connectivity index (χ4v) is 3.57. The molecule has 0 atom stereocenters. The lowest BCUT2D eigenvalue weighted by atomic mass is 10.2. The molecule has 1 aromatic heterocycles. The molecule has 0 aliphatic carbocycles. The Kier molecular flexibility index (Phi) is 8.52. The van der Waals surface area contributed by atoms with E-state index >= 15 is 0 Å². The zero-order valence-corrected chi connectivity index (χ0v) is 20.8. The van der Waals surface area contributed by atoms with Crippen molar-refractivity contribution in [1.82, 2.24) is 15.0 Å². The predicted octanol–water partition coefficient (Wildman–Crippen LogP) is 3.72. The molecule has 15 nitrogen and oxygen atoms in total. The number of rotatable bonds is 9. The van der Waals surface area contributed by atoms with Crippen LogP contribution in [0.25, 0.3) is 0 Å². The van der Waals surface area contributed by atoms with Gasteiger partial charge in [0, 0.05) is 36.3 Å². The predicted molar refractivity (Wildman–Crippen MR) is 142 cm³/mol. The van der Waals surface area contributed by atoms with E-state index in [4.69, 9.17) is 27.9 Å². The van der Waals surface area contributed by atoms with E-state index in [1.165, 1.54) is 36.7 Å². The minimum Gasteiger partial charge on any atom is -0.378 e. The van der Waals surface area contributed by atoms with Crippen molar-refractivity contribution in [2.45, 2.75) is 0 Å². The third-order valence-corrected chi connectivity index (χ3v) is 5.65. The number of hydrazone groups is 2. The second kappa shape index (κ2) is 12.2. The Hall–Kier alpha value is -4.47. The van der Waals surface area contributed by atoms with Crippen molar-refractivity contribution in [2.24, 2.45) is 10.2 Å². The Morgan fingerprint density at radius 3 is 1.76 bits per heavy atom. The van der Waals surface area contributed by atoms with Gasteiger partial charge in [0.2, 0.25) is 17.8 Å². The minimum absolute atomic E-state index is 0.0113.